The average molecular weight is 389 g/mol. The standard InChI is InChI=1S/C14H19F3N2O3S.ClH/c1-22-12-5-6-19(11(8-12)9-18)23(20,21)13-4-2-3-10(7-13)14(15,16)17;/h2-4,7,11-12H,5-6,8-9,18H2,1H3;1H. The van der Waals surface area contributed by atoms with Crippen molar-refractivity contribution in [3.63, 3.8) is 0 Å². The van der Waals surface area contributed by atoms with Gasteiger partial charge in [0, 0.05) is 26.2 Å². The maximum atomic E-state index is 12.8. The molecule has 0 amide bonds. The van der Waals surface area contributed by atoms with Gasteiger partial charge in [0.2, 0.25) is 10.0 Å². The molecule has 5 nitrogen and oxygen atoms in total. The van der Waals surface area contributed by atoms with Crippen molar-refractivity contribution < 1.29 is 26.3 Å². The Balaban J connectivity index is 0.00000288. The first kappa shape index (κ1) is 21.2. The van der Waals surface area contributed by atoms with Crippen LogP contribution in [0.25, 0.3) is 0 Å². The predicted molar refractivity (Wildman–Crippen MR) is 85.5 cm³/mol. The molecule has 2 rings (SSSR count). The number of methoxy groups -OCH3 is 1. The van der Waals surface area contributed by atoms with E-state index in [1.807, 2.05) is 0 Å². The minimum atomic E-state index is -4.60. The molecule has 0 bridgehead atoms. The van der Waals surface area contributed by atoms with E-state index in [9.17, 15) is 21.6 Å². The van der Waals surface area contributed by atoms with E-state index in [2.05, 4.69) is 0 Å². The fraction of sp³-hybridized carbons (Fsp3) is 0.571. The van der Waals surface area contributed by atoms with E-state index in [-0.39, 0.29) is 36.5 Å². The van der Waals surface area contributed by atoms with Gasteiger partial charge in [-0.25, -0.2) is 8.42 Å². The van der Waals surface area contributed by atoms with Crippen molar-refractivity contribution in [3.8, 4) is 0 Å². The van der Waals surface area contributed by atoms with Crippen LogP contribution in [0.2, 0.25) is 0 Å². The van der Waals surface area contributed by atoms with Crippen LogP contribution in [-0.2, 0) is 20.9 Å². The molecule has 1 aromatic carbocycles. The molecule has 0 radical (unpaired) electrons. The van der Waals surface area contributed by atoms with Gasteiger partial charge in [0.05, 0.1) is 16.6 Å². The van der Waals surface area contributed by atoms with Gasteiger partial charge in [-0.3, -0.25) is 0 Å². The third kappa shape index (κ3) is 4.40. The highest BCUT2D eigenvalue weighted by molar-refractivity contribution is 7.89. The summed E-state index contributed by atoms with van der Waals surface area (Å²) in [5.41, 5.74) is 4.65. The van der Waals surface area contributed by atoms with Gasteiger partial charge >= 0.3 is 6.18 Å². The lowest BCUT2D eigenvalue weighted by molar-refractivity contribution is -0.137. The quantitative estimate of drug-likeness (QED) is 0.858. The lowest BCUT2D eigenvalue weighted by atomic mass is 10.0. The van der Waals surface area contributed by atoms with Gasteiger partial charge in [0.1, 0.15) is 0 Å². The molecule has 0 spiro atoms. The molecule has 1 saturated heterocycles. The summed E-state index contributed by atoms with van der Waals surface area (Å²) in [5, 5.41) is 0. The van der Waals surface area contributed by atoms with Gasteiger partial charge in [-0.2, -0.15) is 17.5 Å². The van der Waals surface area contributed by atoms with Gasteiger partial charge in [-0.05, 0) is 31.0 Å². The smallest absolute Gasteiger partial charge is 0.381 e. The van der Waals surface area contributed by atoms with Crippen molar-refractivity contribution in [3.05, 3.63) is 29.8 Å². The van der Waals surface area contributed by atoms with Crippen LogP contribution in [-0.4, -0.2) is 45.1 Å². The third-order valence-corrected chi connectivity index (χ3v) is 5.93. The number of alkyl halides is 3. The van der Waals surface area contributed by atoms with Crippen LogP contribution in [0.15, 0.2) is 29.2 Å². The molecule has 0 aliphatic carbocycles. The Bertz CT molecular complexity index is 655. The van der Waals surface area contributed by atoms with Gasteiger partial charge in [0.25, 0.3) is 0 Å². The summed E-state index contributed by atoms with van der Waals surface area (Å²) in [6.07, 6.45) is -3.80. The van der Waals surface area contributed by atoms with Crippen molar-refractivity contribution in [2.24, 2.45) is 5.73 Å². The van der Waals surface area contributed by atoms with Crippen LogP contribution in [0.4, 0.5) is 13.2 Å². The number of piperidine rings is 1. The molecule has 24 heavy (non-hydrogen) atoms. The first-order chi connectivity index (χ1) is 10.7. The predicted octanol–water partition coefficient (Wildman–Crippen LogP) is 2.25. The van der Waals surface area contributed by atoms with Crippen molar-refractivity contribution in [2.45, 2.75) is 36.1 Å². The first-order valence-corrected chi connectivity index (χ1v) is 8.56. The van der Waals surface area contributed by atoms with Gasteiger partial charge in [-0.1, -0.05) is 6.07 Å². The SMILES string of the molecule is COC1CCN(S(=O)(=O)c2cccc(C(F)(F)F)c2)C(CN)C1.Cl. The molecule has 2 N–H and O–H groups in total. The molecule has 1 fully saturated rings. The first-order valence-electron chi connectivity index (χ1n) is 7.12. The highest BCUT2D eigenvalue weighted by atomic mass is 35.5. The maximum absolute atomic E-state index is 12.8. The Kier molecular flexibility index (Phi) is 7.06. The molecule has 1 aliphatic rings. The summed E-state index contributed by atoms with van der Waals surface area (Å²) in [7, 11) is -2.50. The highest BCUT2D eigenvalue weighted by Gasteiger charge is 2.38. The van der Waals surface area contributed by atoms with Crippen LogP contribution in [0.5, 0.6) is 0 Å². The zero-order valence-electron chi connectivity index (χ0n) is 13.0. The number of nitrogens with zero attached hydrogens (tertiary/aromatic N) is 1. The fourth-order valence-electron chi connectivity index (χ4n) is 2.71. The number of sulfonamides is 1. The molecule has 138 valence electrons. The van der Waals surface area contributed by atoms with E-state index < -0.39 is 27.8 Å². The number of rotatable bonds is 4. The van der Waals surface area contributed by atoms with E-state index in [4.69, 9.17) is 10.5 Å². The number of hydrogen-bond acceptors (Lipinski definition) is 4. The van der Waals surface area contributed by atoms with E-state index in [0.717, 1.165) is 12.1 Å². The summed E-state index contributed by atoms with van der Waals surface area (Å²) in [5.74, 6) is 0. The van der Waals surface area contributed by atoms with Crippen LogP contribution >= 0.6 is 12.4 Å². The highest BCUT2D eigenvalue weighted by Crippen LogP contribution is 2.32. The molecule has 2 unspecified atom stereocenters. The second-order valence-corrected chi connectivity index (χ2v) is 7.30. The van der Waals surface area contributed by atoms with E-state index in [1.165, 1.54) is 17.5 Å². The molecule has 2 atom stereocenters. The lowest BCUT2D eigenvalue weighted by Crippen LogP contribution is -2.51. The average Bonchev–Trinajstić information content (AvgIpc) is 2.53. The van der Waals surface area contributed by atoms with Crippen LogP contribution in [0.1, 0.15) is 18.4 Å². The van der Waals surface area contributed by atoms with Crippen LogP contribution in [0, 0.1) is 0 Å². The number of benzene rings is 1. The second kappa shape index (κ2) is 8.01. The number of hydrogen-bond donors (Lipinski definition) is 1. The molecule has 1 aliphatic heterocycles. The Morgan fingerprint density at radius 2 is 2.04 bits per heavy atom. The zero-order valence-corrected chi connectivity index (χ0v) is 14.6. The molecule has 10 heteroatoms. The Labute approximate surface area is 145 Å². The molecule has 1 heterocycles. The van der Waals surface area contributed by atoms with Gasteiger partial charge < -0.3 is 10.5 Å². The normalized spacial score (nSPS) is 22.9. The minimum absolute atomic E-state index is 0. The minimum Gasteiger partial charge on any atom is -0.381 e. The van der Waals surface area contributed by atoms with Crippen LogP contribution in [0.3, 0.4) is 0 Å². The van der Waals surface area contributed by atoms with Gasteiger partial charge in [0.15, 0.2) is 0 Å². The van der Waals surface area contributed by atoms with E-state index >= 15 is 0 Å². The molecule has 1 aromatic rings. The fourth-order valence-corrected chi connectivity index (χ4v) is 4.41. The Hall–Kier alpha value is -0.870. The van der Waals surface area contributed by atoms with Crippen molar-refractivity contribution in [2.75, 3.05) is 20.2 Å². The number of ether oxygens (including phenoxy) is 1. The lowest BCUT2D eigenvalue weighted by Gasteiger charge is -2.37. The summed E-state index contributed by atoms with van der Waals surface area (Å²) < 4.78 is 70.2. The van der Waals surface area contributed by atoms with Crippen molar-refractivity contribution in [1.29, 1.82) is 0 Å². The van der Waals surface area contributed by atoms with Crippen LogP contribution < -0.4 is 5.73 Å². The Morgan fingerprint density at radius 3 is 2.58 bits per heavy atom. The monoisotopic (exact) mass is 388 g/mol. The zero-order chi connectivity index (χ0) is 17.3. The number of nitrogens with two attached hydrogens (primary N) is 1. The summed E-state index contributed by atoms with van der Waals surface area (Å²) in [6.45, 7) is 0.247. The van der Waals surface area contributed by atoms with Gasteiger partial charge in [-0.15, -0.1) is 12.4 Å². The summed E-state index contributed by atoms with van der Waals surface area (Å²) in [4.78, 5) is -0.373. The largest absolute Gasteiger partial charge is 0.416 e. The van der Waals surface area contributed by atoms with Crippen molar-refractivity contribution >= 4 is 22.4 Å². The summed E-state index contributed by atoms with van der Waals surface area (Å²) >= 11 is 0. The molecule has 0 aromatic heterocycles. The topological polar surface area (TPSA) is 72.6 Å². The third-order valence-electron chi connectivity index (χ3n) is 3.99. The van der Waals surface area contributed by atoms with E-state index in [1.54, 1.807) is 0 Å². The number of halogens is 4. The molecule has 0 saturated carbocycles. The summed E-state index contributed by atoms with van der Waals surface area (Å²) in [6, 6.07) is 3.27. The van der Waals surface area contributed by atoms with E-state index in [0.29, 0.717) is 18.9 Å². The molecular formula is C14H20ClF3N2O3S. The maximum Gasteiger partial charge on any atom is 0.416 e. The Morgan fingerprint density at radius 1 is 1.38 bits per heavy atom. The second-order valence-electron chi connectivity index (χ2n) is 5.41. The van der Waals surface area contributed by atoms with Crippen molar-refractivity contribution in [1.82, 2.24) is 4.31 Å². The molecular weight excluding hydrogens is 369 g/mol.